The third kappa shape index (κ3) is 1.78. The van der Waals surface area contributed by atoms with Gasteiger partial charge in [-0.1, -0.05) is 36.4 Å². The van der Waals surface area contributed by atoms with Gasteiger partial charge >= 0.3 is 0 Å². The van der Waals surface area contributed by atoms with E-state index < -0.39 is 0 Å². The maximum Gasteiger partial charge on any atom is 0.178 e. The van der Waals surface area contributed by atoms with Crippen LogP contribution < -0.4 is 4.74 Å². The molecular weight excluding hydrogens is 262 g/mol. The third-order valence-electron chi connectivity index (χ3n) is 3.65. The van der Waals surface area contributed by atoms with Crippen LogP contribution >= 0.6 is 0 Å². The highest BCUT2D eigenvalue weighted by atomic mass is 16.5. The van der Waals surface area contributed by atoms with Crippen LogP contribution in [-0.4, -0.2) is 12.1 Å². The van der Waals surface area contributed by atoms with Crippen LogP contribution in [0.15, 0.2) is 65.2 Å². The van der Waals surface area contributed by atoms with Crippen LogP contribution in [0.2, 0.25) is 0 Å². The number of methoxy groups -OCH3 is 1. The number of benzene rings is 2. The van der Waals surface area contributed by atoms with Gasteiger partial charge in [-0.15, -0.1) is 0 Å². The molecule has 0 radical (unpaired) electrons. The summed E-state index contributed by atoms with van der Waals surface area (Å²) in [5.41, 5.74) is 4.56. The van der Waals surface area contributed by atoms with Crippen LogP contribution in [0.4, 0.5) is 0 Å². The summed E-state index contributed by atoms with van der Waals surface area (Å²) in [6.07, 6.45) is 1.82. The van der Waals surface area contributed by atoms with E-state index in [-0.39, 0.29) is 0 Å². The van der Waals surface area contributed by atoms with E-state index >= 15 is 0 Å². The first-order chi connectivity index (χ1) is 10.4. The Hall–Kier alpha value is -2.81. The highest BCUT2D eigenvalue weighted by Crippen LogP contribution is 2.37. The minimum Gasteiger partial charge on any atom is -0.493 e. The van der Waals surface area contributed by atoms with Crippen LogP contribution in [0.25, 0.3) is 33.2 Å². The first kappa shape index (κ1) is 12.0. The van der Waals surface area contributed by atoms with Crippen LogP contribution in [0.5, 0.6) is 5.75 Å². The van der Waals surface area contributed by atoms with E-state index in [2.05, 4.69) is 17.1 Å². The van der Waals surface area contributed by atoms with E-state index in [9.17, 15) is 0 Å². The Morgan fingerprint density at radius 1 is 0.905 bits per heavy atom. The molecule has 0 atom stereocenters. The number of rotatable bonds is 2. The molecule has 0 fully saturated rings. The van der Waals surface area contributed by atoms with Crippen molar-refractivity contribution >= 4 is 22.1 Å². The molecule has 0 N–H and O–H groups in total. The number of nitrogens with zero attached hydrogens (tertiary/aromatic N) is 1. The summed E-state index contributed by atoms with van der Waals surface area (Å²) in [6, 6.07) is 18.0. The Morgan fingerprint density at radius 3 is 2.57 bits per heavy atom. The van der Waals surface area contributed by atoms with E-state index in [0.717, 1.165) is 38.9 Å². The summed E-state index contributed by atoms with van der Waals surface area (Å²) in [6.45, 7) is 0. The lowest BCUT2D eigenvalue weighted by atomic mass is 10.1. The molecule has 102 valence electrons. The molecule has 0 unspecified atom stereocenters. The predicted octanol–water partition coefficient (Wildman–Crippen LogP) is 4.66. The SMILES string of the molecule is COc1cccc2c1oc1c(-c3ccccc3)ccnc12. The number of ether oxygens (including phenoxy) is 1. The minimum absolute atomic E-state index is 0.726. The maximum atomic E-state index is 6.07. The molecule has 0 spiro atoms. The zero-order chi connectivity index (χ0) is 14.2. The lowest BCUT2D eigenvalue weighted by Crippen LogP contribution is -1.81. The van der Waals surface area contributed by atoms with Gasteiger partial charge in [0.05, 0.1) is 12.5 Å². The van der Waals surface area contributed by atoms with Crippen LogP contribution in [-0.2, 0) is 0 Å². The van der Waals surface area contributed by atoms with Gasteiger partial charge in [-0.05, 0) is 23.8 Å². The summed E-state index contributed by atoms with van der Waals surface area (Å²) < 4.78 is 11.5. The Balaban J connectivity index is 2.11. The molecule has 4 rings (SSSR count). The fourth-order valence-electron chi connectivity index (χ4n) is 2.66. The second-order valence-corrected chi connectivity index (χ2v) is 4.84. The maximum absolute atomic E-state index is 6.07. The van der Waals surface area contributed by atoms with Crippen molar-refractivity contribution in [1.82, 2.24) is 4.98 Å². The second kappa shape index (κ2) is 4.63. The normalized spacial score (nSPS) is 11.1. The van der Waals surface area contributed by atoms with Crippen molar-refractivity contribution in [2.45, 2.75) is 0 Å². The van der Waals surface area contributed by atoms with Crippen molar-refractivity contribution < 1.29 is 9.15 Å². The van der Waals surface area contributed by atoms with Gasteiger partial charge in [-0.25, -0.2) is 0 Å². The molecule has 0 amide bonds. The van der Waals surface area contributed by atoms with Crippen molar-refractivity contribution in [2.24, 2.45) is 0 Å². The van der Waals surface area contributed by atoms with E-state index in [0.29, 0.717) is 0 Å². The summed E-state index contributed by atoms with van der Waals surface area (Å²) in [4.78, 5) is 4.48. The standard InChI is InChI=1S/C18H13NO2/c1-20-15-9-5-8-14-16-18(21-17(14)15)13(10-11-19-16)12-6-3-2-4-7-12/h2-11H,1H3. The average Bonchev–Trinajstić information content (AvgIpc) is 2.94. The van der Waals surface area contributed by atoms with E-state index in [1.807, 2.05) is 48.7 Å². The minimum atomic E-state index is 0.726. The molecule has 0 aliphatic rings. The summed E-state index contributed by atoms with van der Waals surface area (Å²) in [5, 5.41) is 0.974. The average molecular weight is 275 g/mol. The molecule has 4 aromatic rings. The van der Waals surface area contributed by atoms with Gasteiger partial charge < -0.3 is 9.15 Å². The quantitative estimate of drug-likeness (QED) is 0.534. The molecule has 21 heavy (non-hydrogen) atoms. The summed E-state index contributed by atoms with van der Waals surface area (Å²) in [7, 11) is 1.65. The Bertz CT molecular complexity index is 926. The van der Waals surface area contributed by atoms with Gasteiger partial charge in [0.15, 0.2) is 16.9 Å². The summed E-state index contributed by atoms with van der Waals surface area (Å²) in [5.74, 6) is 0.726. The fourth-order valence-corrected chi connectivity index (χ4v) is 2.66. The molecule has 0 aliphatic carbocycles. The van der Waals surface area contributed by atoms with Gasteiger partial charge in [-0.2, -0.15) is 0 Å². The fraction of sp³-hybridized carbons (Fsp3) is 0.0556. The lowest BCUT2D eigenvalue weighted by Gasteiger charge is -2.01. The second-order valence-electron chi connectivity index (χ2n) is 4.84. The van der Waals surface area contributed by atoms with E-state index in [1.54, 1.807) is 7.11 Å². The number of hydrogen-bond acceptors (Lipinski definition) is 3. The van der Waals surface area contributed by atoms with E-state index in [4.69, 9.17) is 9.15 Å². The first-order valence-corrected chi connectivity index (χ1v) is 6.78. The predicted molar refractivity (Wildman–Crippen MR) is 83.5 cm³/mol. The van der Waals surface area contributed by atoms with Gasteiger partial charge in [0.25, 0.3) is 0 Å². The van der Waals surface area contributed by atoms with Gasteiger partial charge in [-0.3, -0.25) is 4.98 Å². The largest absolute Gasteiger partial charge is 0.493 e. The molecule has 3 nitrogen and oxygen atoms in total. The molecule has 0 saturated heterocycles. The lowest BCUT2D eigenvalue weighted by molar-refractivity contribution is 0.412. The topological polar surface area (TPSA) is 35.3 Å². The molecule has 0 aliphatic heterocycles. The van der Waals surface area contributed by atoms with Crippen molar-refractivity contribution in [2.75, 3.05) is 7.11 Å². The number of para-hydroxylation sites is 1. The molecule has 3 heteroatoms. The molecular formula is C18H13NO2. The van der Waals surface area contributed by atoms with Gasteiger partial charge in [0.1, 0.15) is 5.52 Å². The number of pyridine rings is 1. The highest BCUT2D eigenvalue weighted by Gasteiger charge is 2.15. The van der Waals surface area contributed by atoms with Crippen LogP contribution in [0.3, 0.4) is 0 Å². The molecule has 2 aromatic heterocycles. The third-order valence-corrected chi connectivity index (χ3v) is 3.65. The number of aromatic nitrogens is 1. The van der Waals surface area contributed by atoms with Crippen LogP contribution in [0.1, 0.15) is 0 Å². The number of fused-ring (bicyclic) bond motifs is 3. The van der Waals surface area contributed by atoms with Crippen molar-refractivity contribution in [3.63, 3.8) is 0 Å². The molecule has 2 heterocycles. The van der Waals surface area contributed by atoms with Crippen LogP contribution in [0, 0.1) is 0 Å². The molecule has 0 saturated carbocycles. The van der Waals surface area contributed by atoms with Gasteiger partial charge in [0.2, 0.25) is 0 Å². The van der Waals surface area contributed by atoms with Crippen molar-refractivity contribution in [3.05, 3.63) is 60.8 Å². The van der Waals surface area contributed by atoms with Crippen molar-refractivity contribution in [1.29, 1.82) is 0 Å². The zero-order valence-electron chi connectivity index (χ0n) is 11.5. The summed E-state index contributed by atoms with van der Waals surface area (Å²) >= 11 is 0. The van der Waals surface area contributed by atoms with E-state index in [1.165, 1.54) is 0 Å². The zero-order valence-corrected chi connectivity index (χ0v) is 11.5. The Labute approximate surface area is 121 Å². The highest BCUT2D eigenvalue weighted by molar-refractivity contribution is 6.08. The number of hydrogen-bond donors (Lipinski definition) is 0. The number of furan rings is 1. The molecule has 0 bridgehead atoms. The Morgan fingerprint density at radius 2 is 1.76 bits per heavy atom. The monoisotopic (exact) mass is 275 g/mol. The van der Waals surface area contributed by atoms with Gasteiger partial charge in [0, 0.05) is 11.8 Å². The Kier molecular flexibility index (Phi) is 2.64. The first-order valence-electron chi connectivity index (χ1n) is 6.78. The smallest absolute Gasteiger partial charge is 0.178 e. The molecule has 2 aromatic carbocycles. The van der Waals surface area contributed by atoms with Crippen molar-refractivity contribution in [3.8, 4) is 16.9 Å².